The zero-order chi connectivity index (χ0) is 24.1. The van der Waals surface area contributed by atoms with Gasteiger partial charge in [-0.1, -0.05) is 48.5 Å². The lowest BCUT2D eigenvalue weighted by molar-refractivity contribution is 1.28. The predicted molar refractivity (Wildman–Crippen MR) is 155 cm³/mol. The molecule has 0 aliphatic rings. The lowest BCUT2D eigenvalue weighted by Crippen LogP contribution is -2.08. The van der Waals surface area contributed by atoms with Crippen LogP contribution in [0.15, 0.2) is 133 Å². The zero-order valence-corrected chi connectivity index (χ0v) is 20.2. The van der Waals surface area contributed by atoms with Crippen molar-refractivity contribution in [1.82, 2.24) is 0 Å². The summed E-state index contributed by atoms with van der Waals surface area (Å²) in [6, 6.07) is 48.9. The molecule has 168 valence electrons. The average molecular weight is 458 g/mol. The van der Waals surface area contributed by atoms with Crippen molar-refractivity contribution in [3.05, 3.63) is 162 Å². The Bertz CT molecular complexity index is 1660. The summed E-state index contributed by atoms with van der Waals surface area (Å²) < 4.78 is 0. The highest BCUT2D eigenvalue weighted by Crippen LogP contribution is 2.45. The van der Waals surface area contributed by atoms with Gasteiger partial charge in [-0.2, -0.15) is 0 Å². The molecular formula is C36H25+. The SMILES string of the molecule is Cc1ccc([C+](c2c3ccccc3cc3ccccc23)c2c3ccccc3cc3ccccc23)cc1. The molecule has 0 amide bonds. The molecule has 0 aliphatic carbocycles. The van der Waals surface area contributed by atoms with E-state index in [1.54, 1.807) is 0 Å². The van der Waals surface area contributed by atoms with Crippen LogP contribution in [0.2, 0.25) is 0 Å². The lowest BCUT2D eigenvalue weighted by atomic mass is 9.77. The third-order valence-electron chi connectivity index (χ3n) is 7.38. The minimum atomic E-state index is 1.24. The summed E-state index contributed by atoms with van der Waals surface area (Å²) >= 11 is 0. The Balaban J connectivity index is 1.72. The van der Waals surface area contributed by atoms with E-state index in [9.17, 15) is 0 Å². The van der Waals surface area contributed by atoms with Gasteiger partial charge in [-0.3, -0.25) is 0 Å². The fourth-order valence-electron chi connectivity index (χ4n) is 5.70. The van der Waals surface area contributed by atoms with E-state index in [4.69, 9.17) is 0 Å². The van der Waals surface area contributed by atoms with Gasteiger partial charge in [0.2, 0.25) is 0 Å². The van der Waals surface area contributed by atoms with E-state index in [-0.39, 0.29) is 0 Å². The second-order valence-electron chi connectivity index (χ2n) is 9.63. The quantitative estimate of drug-likeness (QED) is 0.141. The zero-order valence-electron chi connectivity index (χ0n) is 20.2. The Kier molecular flexibility index (Phi) is 4.79. The maximum Gasteiger partial charge on any atom is 0.0697 e. The van der Waals surface area contributed by atoms with Gasteiger partial charge in [0.1, 0.15) is 0 Å². The molecule has 0 spiro atoms. The Labute approximate surface area is 211 Å². The smallest absolute Gasteiger partial charge is 0.0607 e. The maximum absolute atomic E-state index is 2.32. The largest absolute Gasteiger partial charge is 0.0697 e. The highest BCUT2D eigenvalue weighted by molar-refractivity contribution is 6.10. The number of hydrogen-bond acceptors (Lipinski definition) is 0. The van der Waals surface area contributed by atoms with Crippen LogP contribution in [-0.2, 0) is 0 Å². The van der Waals surface area contributed by atoms with Crippen molar-refractivity contribution in [2.75, 3.05) is 0 Å². The molecule has 0 bridgehead atoms. The number of fused-ring (bicyclic) bond motifs is 4. The summed E-state index contributed by atoms with van der Waals surface area (Å²) in [5.41, 5.74) is 5.11. The Morgan fingerprint density at radius 1 is 0.389 bits per heavy atom. The van der Waals surface area contributed by atoms with E-state index in [1.807, 2.05) is 0 Å². The number of rotatable bonds is 3. The van der Waals surface area contributed by atoms with Crippen LogP contribution in [-0.4, -0.2) is 0 Å². The maximum atomic E-state index is 2.32. The summed E-state index contributed by atoms with van der Waals surface area (Å²) in [6.45, 7) is 2.16. The topological polar surface area (TPSA) is 0 Å². The molecule has 0 fully saturated rings. The number of hydrogen-bond donors (Lipinski definition) is 0. The summed E-state index contributed by atoms with van der Waals surface area (Å²) in [5.74, 6) is 1.29. The van der Waals surface area contributed by atoms with Crippen molar-refractivity contribution >= 4 is 43.1 Å². The highest BCUT2D eigenvalue weighted by atomic mass is 14.3. The van der Waals surface area contributed by atoms with E-state index >= 15 is 0 Å². The number of benzene rings is 7. The van der Waals surface area contributed by atoms with Crippen molar-refractivity contribution < 1.29 is 0 Å². The van der Waals surface area contributed by atoms with E-state index in [0.717, 1.165) is 0 Å². The standard InChI is InChI=1S/C36H25/c1-24-18-20-25(21-19-24)34(35-30-14-6-2-10-26(30)22-27-11-3-7-15-31(27)35)36-32-16-8-4-12-28(32)23-29-13-5-9-17-33(29)36/h2-23H,1H3/q+1. The minimum Gasteiger partial charge on any atom is -0.0607 e. The van der Waals surface area contributed by atoms with Gasteiger partial charge in [-0.05, 0) is 97.4 Å². The second kappa shape index (κ2) is 8.29. The van der Waals surface area contributed by atoms with Crippen LogP contribution in [0.25, 0.3) is 43.1 Å². The fourth-order valence-corrected chi connectivity index (χ4v) is 5.70. The molecule has 0 aliphatic heterocycles. The first-order valence-corrected chi connectivity index (χ1v) is 12.5. The molecule has 36 heavy (non-hydrogen) atoms. The van der Waals surface area contributed by atoms with Crippen molar-refractivity contribution in [2.24, 2.45) is 0 Å². The van der Waals surface area contributed by atoms with E-state index in [0.29, 0.717) is 0 Å². The minimum absolute atomic E-state index is 1.24. The first kappa shape index (κ1) is 20.8. The number of aryl methyl sites for hydroxylation is 1. The summed E-state index contributed by atoms with van der Waals surface area (Å²) in [4.78, 5) is 0. The van der Waals surface area contributed by atoms with Crippen molar-refractivity contribution in [1.29, 1.82) is 0 Å². The van der Waals surface area contributed by atoms with E-state index in [2.05, 4.69) is 140 Å². The van der Waals surface area contributed by atoms with Gasteiger partial charge in [0.15, 0.2) is 0 Å². The van der Waals surface area contributed by atoms with E-state index in [1.165, 1.54) is 71.3 Å². The van der Waals surface area contributed by atoms with Crippen LogP contribution in [0.4, 0.5) is 0 Å². The second-order valence-corrected chi connectivity index (χ2v) is 9.63. The van der Waals surface area contributed by atoms with Gasteiger partial charge in [0.05, 0.1) is 22.6 Å². The van der Waals surface area contributed by atoms with Crippen molar-refractivity contribution in [3.63, 3.8) is 0 Å². The normalized spacial score (nSPS) is 11.5. The first-order chi connectivity index (χ1) is 17.8. The van der Waals surface area contributed by atoms with Crippen molar-refractivity contribution in [2.45, 2.75) is 6.92 Å². The van der Waals surface area contributed by atoms with Crippen molar-refractivity contribution in [3.8, 4) is 0 Å². The first-order valence-electron chi connectivity index (χ1n) is 12.5. The molecule has 0 unspecified atom stereocenters. The molecule has 0 heteroatoms. The Morgan fingerprint density at radius 2 is 0.722 bits per heavy atom. The van der Waals surface area contributed by atoms with Gasteiger partial charge in [-0.25, -0.2) is 0 Å². The Hall–Kier alpha value is -4.55. The van der Waals surface area contributed by atoms with Gasteiger partial charge in [-0.15, -0.1) is 0 Å². The molecule has 0 nitrogen and oxygen atoms in total. The molecule has 0 saturated carbocycles. The third kappa shape index (κ3) is 3.26. The molecule has 0 aromatic heterocycles. The lowest BCUT2D eigenvalue weighted by Gasteiger charge is -2.21. The fraction of sp³-hybridized carbons (Fsp3) is 0.0278. The average Bonchev–Trinajstić information content (AvgIpc) is 2.93. The summed E-state index contributed by atoms with van der Waals surface area (Å²) in [6.07, 6.45) is 0. The van der Waals surface area contributed by atoms with Crippen LogP contribution >= 0.6 is 0 Å². The van der Waals surface area contributed by atoms with Crippen LogP contribution in [0.1, 0.15) is 22.3 Å². The van der Waals surface area contributed by atoms with Crippen LogP contribution in [0.3, 0.4) is 0 Å². The van der Waals surface area contributed by atoms with Gasteiger partial charge in [0.25, 0.3) is 0 Å². The molecule has 0 saturated heterocycles. The molecule has 7 rings (SSSR count). The van der Waals surface area contributed by atoms with Crippen LogP contribution < -0.4 is 0 Å². The third-order valence-corrected chi connectivity index (χ3v) is 7.38. The highest BCUT2D eigenvalue weighted by Gasteiger charge is 2.31. The molecule has 0 N–H and O–H groups in total. The van der Waals surface area contributed by atoms with Gasteiger partial charge in [0, 0.05) is 43.1 Å². The Morgan fingerprint density at radius 3 is 1.08 bits per heavy atom. The molecule has 7 aromatic carbocycles. The van der Waals surface area contributed by atoms with Gasteiger partial charge >= 0.3 is 0 Å². The molecular weight excluding hydrogens is 432 g/mol. The van der Waals surface area contributed by atoms with E-state index < -0.39 is 0 Å². The molecule has 0 heterocycles. The summed E-state index contributed by atoms with van der Waals surface area (Å²) in [7, 11) is 0. The van der Waals surface area contributed by atoms with Gasteiger partial charge < -0.3 is 0 Å². The molecule has 0 radical (unpaired) electrons. The summed E-state index contributed by atoms with van der Waals surface area (Å²) in [5, 5.41) is 10.2. The molecule has 7 aromatic rings. The van der Waals surface area contributed by atoms with Crippen LogP contribution in [0.5, 0.6) is 0 Å². The molecule has 0 atom stereocenters. The predicted octanol–water partition coefficient (Wildman–Crippen LogP) is 9.63. The van der Waals surface area contributed by atoms with Crippen LogP contribution in [0, 0.1) is 12.8 Å². The monoisotopic (exact) mass is 457 g/mol.